The van der Waals surface area contributed by atoms with Gasteiger partial charge in [-0.05, 0) is 36.8 Å². The molecule has 0 radical (unpaired) electrons. The molecule has 2 aromatic heterocycles. The summed E-state index contributed by atoms with van der Waals surface area (Å²) in [5.41, 5.74) is 3.46. The molecule has 3 aromatic rings. The molecule has 0 spiro atoms. The number of imidazole rings is 1. The number of aryl methyl sites for hydroxylation is 1. The lowest BCUT2D eigenvalue weighted by Gasteiger charge is -2.35. The molecular weight excluding hydrogens is 342 g/mol. The molecule has 0 aliphatic carbocycles. The quantitative estimate of drug-likeness (QED) is 0.769. The van der Waals surface area contributed by atoms with Crippen LogP contribution in [0, 0.1) is 6.92 Å². The molecule has 1 aromatic carbocycles. The number of rotatable bonds is 3. The van der Waals surface area contributed by atoms with Crippen molar-refractivity contribution in [1.82, 2.24) is 24.8 Å². The third-order valence-corrected chi connectivity index (χ3v) is 4.87. The molecule has 7 heteroatoms. The first kappa shape index (κ1) is 17.2. The van der Waals surface area contributed by atoms with E-state index in [1.54, 1.807) is 29.4 Å². The molecule has 1 aliphatic heterocycles. The number of carbonyl (C=O) groups is 2. The van der Waals surface area contributed by atoms with Gasteiger partial charge in [-0.1, -0.05) is 6.07 Å². The maximum atomic E-state index is 12.6. The zero-order valence-corrected chi connectivity index (χ0v) is 15.2. The van der Waals surface area contributed by atoms with Crippen molar-refractivity contribution >= 4 is 22.8 Å². The fourth-order valence-corrected chi connectivity index (χ4v) is 3.42. The number of pyridine rings is 1. The molecule has 2 amide bonds. The molecule has 0 atom stereocenters. The molecule has 0 saturated carbocycles. The molecular formula is C20H21N5O2. The number of aromatic amines is 1. The van der Waals surface area contributed by atoms with Crippen LogP contribution in [-0.4, -0.2) is 62.7 Å². The van der Waals surface area contributed by atoms with Gasteiger partial charge in [0, 0.05) is 44.1 Å². The number of piperazine rings is 1. The third-order valence-electron chi connectivity index (χ3n) is 4.87. The second-order valence-corrected chi connectivity index (χ2v) is 6.76. The Morgan fingerprint density at radius 1 is 1.04 bits per heavy atom. The summed E-state index contributed by atoms with van der Waals surface area (Å²) in [6, 6.07) is 9.30. The lowest BCUT2D eigenvalue weighted by Crippen LogP contribution is -2.51. The molecule has 3 heterocycles. The van der Waals surface area contributed by atoms with Gasteiger partial charge in [0.1, 0.15) is 5.82 Å². The molecule has 1 saturated heterocycles. The van der Waals surface area contributed by atoms with Crippen LogP contribution >= 0.6 is 0 Å². The first-order chi connectivity index (χ1) is 13.1. The van der Waals surface area contributed by atoms with Crippen LogP contribution in [0.25, 0.3) is 11.0 Å². The summed E-state index contributed by atoms with van der Waals surface area (Å²) in [6.07, 6.45) is 3.59. The SMILES string of the molecule is Cc1nc2ccc(CC(=O)N3CCN(C(=O)c4ccncc4)CC3)cc2[nH]1. The Morgan fingerprint density at radius 3 is 2.48 bits per heavy atom. The first-order valence-corrected chi connectivity index (χ1v) is 9.02. The Bertz CT molecular complexity index is 974. The highest BCUT2D eigenvalue weighted by molar-refractivity contribution is 5.94. The molecule has 7 nitrogen and oxygen atoms in total. The Morgan fingerprint density at radius 2 is 1.74 bits per heavy atom. The van der Waals surface area contributed by atoms with Gasteiger partial charge in [0.15, 0.2) is 0 Å². The van der Waals surface area contributed by atoms with Gasteiger partial charge in [-0.2, -0.15) is 0 Å². The zero-order valence-electron chi connectivity index (χ0n) is 15.2. The van der Waals surface area contributed by atoms with Crippen molar-refractivity contribution in [2.45, 2.75) is 13.3 Å². The van der Waals surface area contributed by atoms with E-state index in [1.807, 2.05) is 30.0 Å². The van der Waals surface area contributed by atoms with Crippen molar-refractivity contribution in [3.8, 4) is 0 Å². The van der Waals surface area contributed by atoms with E-state index in [4.69, 9.17) is 0 Å². The number of nitrogens with zero attached hydrogens (tertiary/aromatic N) is 4. The third kappa shape index (κ3) is 3.67. The summed E-state index contributed by atoms with van der Waals surface area (Å²) >= 11 is 0. The maximum Gasteiger partial charge on any atom is 0.254 e. The highest BCUT2D eigenvalue weighted by Crippen LogP contribution is 2.15. The fraction of sp³-hybridized carbons (Fsp3) is 0.300. The molecule has 0 bridgehead atoms. The Balaban J connectivity index is 1.36. The highest BCUT2D eigenvalue weighted by atomic mass is 16.2. The lowest BCUT2D eigenvalue weighted by atomic mass is 10.1. The van der Waals surface area contributed by atoms with E-state index in [1.165, 1.54) is 0 Å². The van der Waals surface area contributed by atoms with Crippen LogP contribution in [0.3, 0.4) is 0 Å². The molecule has 27 heavy (non-hydrogen) atoms. The summed E-state index contributed by atoms with van der Waals surface area (Å²) in [5.74, 6) is 0.939. The van der Waals surface area contributed by atoms with Crippen LogP contribution < -0.4 is 0 Å². The minimum atomic E-state index is -0.00966. The normalized spacial score (nSPS) is 14.6. The number of aromatic nitrogens is 3. The Labute approximate surface area is 157 Å². The van der Waals surface area contributed by atoms with Crippen LogP contribution in [0.2, 0.25) is 0 Å². The Kier molecular flexibility index (Phi) is 4.58. The summed E-state index contributed by atoms with van der Waals surface area (Å²) < 4.78 is 0. The summed E-state index contributed by atoms with van der Waals surface area (Å²) in [5, 5.41) is 0. The van der Waals surface area contributed by atoms with Crippen molar-refractivity contribution in [2.75, 3.05) is 26.2 Å². The molecule has 1 aliphatic rings. The van der Waals surface area contributed by atoms with E-state index in [0.717, 1.165) is 22.4 Å². The number of amides is 2. The summed E-state index contributed by atoms with van der Waals surface area (Å²) in [4.78, 5) is 40.3. The van der Waals surface area contributed by atoms with Crippen LogP contribution in [0.4, 0.5) is 0 Å². The standard InChI is InChI=1S/C20H21N5O2/c1-14-22-17-3-2-15(12-18(17)23-14)13-19(26)24-8-10-25(11-9-24)20(27)16-4-6-21-7-5-16/h2-7,12H,8-11,13H2,1H3,(H,22,23). The van der Waals surface area contributed by atoms with E-state index >= 15 is 0 Å². The van der Waals surface area contributed by atoms with Gasteiger partial charge in [-0.3, -0.25) is 14.6 Å². The van der Waals surface area contributed by atoms with Crippen molar-refractivity contribution in [3.05, 3.63) is 59.7 Å². The minimum Gasteiger partial charge on any atom is -0.342 e. The number of fused-ring (bicyclic) bond motifs is 1. The van der Waals surface area contributed by atoms with Gasteiger partial charge < -0.3 is 14.8 Å². The highest BCUT2D eigenvalue weighted by Gasteiger charge is 2.24. The van der Waals surface area contributed by atoms with Crippen LogP contribution in [0.5, 0.6) is 0 Å². The van der Waals surface area contributed by atoms with E-state index in [0.29, 0.717) is 38.2 Å². The molecule has 1 fully saturated rings. The second kappa shape index (κ2) is 7.19. The Hall–Kier alpha value is -3.22. The van der Waals surface area contributed by atoms with Crippen molar-refractivity contribution in [1.29, 1.82) is 0 Å². The van der Waals surface area contributed by atoms with Crippen molar-refractivity contribution in [3.63, 3.8) is 0 Å². The average molecular weight is 363 g/mol. The number of H-pyrrole nitrogens is 1. The predicted octanol–water partition coefficient (Wildman–Crippen LogP) is 1.79. The monoisotopic (exact) mass is 363 g/mol. The average Bonchev–Trinajstić information content (AvgIpc) is 3.07. The van der Waals surface area contributed by atoms with E-state index in [-0.39, 0.29) is 11.8 Å². The topological polar surface area (TPSA) is 82.2 Å². The van der Waals surface area contributed by atoms with Gasteiger partial charge in [0.2, 0.25) is 5.91 Å². The molecule has 1 N–H and O–H groups in total. The number of carbonyl (C=O) groups excluding carboxylic acids is 2. The van der Waals surface area contributed by atoms with E-state index in [9.17, 15) is 9.59 Å². The minimum absolute atomic E-state index is 0.00966. The summed E-state index contributed by atoms with van der Waals surface area (Å²) in [6.45, 7) is 4.12. The van der Waals surface area contributed by atoms with Gasteiger partial charge in [0.05, 0.1) is 17.5 Å². The van der Waals surface area contributed by atoms with Crippen LogP contribution in [0.1, 0.15) is 21.7 Å². The van der Waals surface area contributed by atoms with Crippen molar-refractivity contribution in [2.24, 2.45) is 0 Å². The zero-order chi connectivity index (χ0) is 18.8. The molecule has 138 valence electrons. The number of hydrogen-bond donors (Lipinski definition) is 1. The number of nitrogens with one attached hydrogen (secondary N) is 1. The van der Waals surface area contributed by atoms with Gasteiger partial charge >= 0.3 is 0 Å². The lowest BCUT2D eigenvalue weighted by molar-refractivity contribution is -0.131. The number of hydrogen-bond acceptors (Lipinski definition) is 4. The van der Waals surface area contributed by atoms with Gasteiger partial charge in [-0.25, -0.2) is 4.98 Å². The molecule has 4 rings (SSSR count). The first-order valence-electron chi connectivity index (χ1n) is 9.02. The van der Waals surface area contributed by atoms with Gasteiger partial charge in [-0.15, -0.1) is 0 Å². The largest absolute Gasteiger partial charge is 0.342 e. The predicted molar refractivity (Wildman–Crippen MR) is 101 cm³/mol. The maximum absolute atomic E-state index is 12.6. The van der Waals surface area contributed by atoms with Gasteiger partial charge in [0.25, 0.3) is 5.91 Å². The fourth-order valence-electron chi connectivity index (χ4n) is 3.42. The van der Waals surface area contributed by atoms with Crippen LogP contribution in [0.15, 0.2) is 42.7 Å². The van der Waals surface area contributed by atoms with Crippen LogP contribution in [-0.2, 0) is 11.2 Å². The number of benzene rings is 1. The summed E-state index contributed by atoms with van der Waals surface area (Å²) in [7, 11) is 0. The smallest absolute Gasteiger partial charge is 0.254 e. The second-order valence-electron chi connectivity index (χ2n) is 6.76. The van der Waals surface area contributed by atoms with E-state index < -0.39 is 0 Å². The van der Waals surface area contributed by atoms with Crippen molar-refractivity contribution < 1.29 is 9.59 Å². The van der Waals surface area contributed by atoms with E-state index in [2.05, 4.69) is 15.0 Å². The molecule has 0 unspecified atom stereocenters.